The average molecular weight is 182 g/mol. The summed E-state index contributed by atoms with van der Waals surface area (Å²) in [7, 11) is 0. The molecule has 72 valence electrons. The Morgan fingerprint density at radius 1 is 1.23 bits per heavy atom. The van der Waals surface area contributed by atoms with Crippen molar-refractivity contribution in [3.63, 3.8) is 0 Å². The van der Waals surface area contributed by atoms with E-state index in [1.54, 1.807) is 19.9 Å². The Morgan fingerprint density at radius 3 is 2.31 bits per heavy atom. The van der Waals surface area contributed by atoms with Gasteiger partial charge in [-0.3, -0.25) is 4.79 Å². The number of carbonyl (C=O) groups excluding carboxylic acids is 2. The lowest BCUT2D eigenvalue weighted by Gasteiger charge is -1.94. The first-order chi connectivity index (χ1) is 6.06. The minimum atomic E-state index is -0.390. The van der Waals surface area contributed by atoms with Crippen molar-refractivity contribution in [2.45, 2.75) is 20.8 Å². The maximum atomic E-state index is 10.8. The van der Waals surface area contributed by atoms with Crippen LogP contribution in [0.4, 0.5) is 0 Å². The first-order valence-electron chi connectivity index (χ1n) is 4.10. The van der Waals surface area contributed by atoms with Gasteiger partial charge in [0.15, 0.2) is 5.78 Å². The van der Waals surface area contributed by atoms with E-state index in [1.165, 1.54) is 19.1 Å². The molecule has 0 N–H and O–H groups in total. The average Bonchev–Trinajstić information content (AvgIpc) is 2.00. The highest BCUT2D eigenvalue weighted by molar-refractivity contribution is 5.89. The predicted octanol–water partition coefficient (Wildman–Crippen LogP) is 1.64. The van der Waals surface area contributed by atoms with Crippen LogP contribution in [-0.2, 0) is 14.3 Å². The largest absolute Gasteiger partial charge is 0.463 e. The Labute approximate surface area is 78.1 Å². The van der Waals surface area contributed by atoms with Gasteiger partial charge in [0, 0.05) is 6.08 Å². The molecule has 0 heterocycles. The summed E-state index contributed by atoms with van der Waals surface area (Å²) in [4.78, 5) is 21.4. The van der Waals surface area contributed by atoms with Crippen molar-refractivity contribution in [2.75, 3.05) is 6.61 Å². The molecular weight excluding hydrogens is 168 g/mol. The van der Waals surface area contributed by atoms with E-state index in [9.17, 15) is 9.59 Å². The SMILES string of the molecule is CCOC(=O)/C=C/C(C)=C/C(C)=O. The van der Waals surface area contributed by atoms with Crippen molar-refractivity contribution >= 4 is 11.8 Å². The molecule has 0 rings (SSSR count). The Kier molecular flexibility index (Phi) is 5.52. The minimum absolute atomic E-state index is 0.0361. The molecule has 0 unspecified atom stereocenters. The van der Waals surface area contributed by atoms with Gasteiger partial charge in [0.05, 0.1) is 6.61 Å². The summed E-state index contributed by atoms with van der Waals surface area (Å²) in [6.45, 7) is 5.31. The van der Waals surface area contributed by atoms with Gasteiger partial charge in [-0.15, -0.1) is 0 Å². The maximum Gasteiger partial charge on any atom is 0.330 e. The number of allylic oxidation sites excluding steroid dienone is 3. The van der Waals surface area contributed by atoms with Crippen molar-refractivity contribution in [1.29, 1.82) is 0 Å². The summed E-state index contributed by atoms with van der Waals surface area (Å²) in [5, 5.41) is 0. The fourth-order valence-electron chi connectivity index (χ4n) is 0.759. The van der Waals surface area contributed by atoms with Gasteiger partial charge in [0.25, 0.3) is 0 Å². The summed E-state index contributed by atoms with van der Waals surface area (Å²) in [6.07, 6.45) is 4.31. The first-order valence-corrected chi connectivity index (χ1v) is 4.10. The number of ether oxygens (including phenoxy) is 1. The van der Waals surface area contributed by atoms with Crippen LogP contribution in [0.5, 0.6) is 0 Å². The number of carbonyl (C=O) groups is 2. The van der Waals surface area contributed by atoms with Gasteiger partial charge >= 0.3 is 5.97 Å². The molecule has 0 atom stereocenters. The van der Waals surface area contributed by atoms with Crippen LogP contribution in [0, 0.1) is 0 Å². The van der Waals surface area contributed by atoms with Crippen molar-refractivity contribution in [1.82, 2.24) is 0 Å². The van der Waals surface area contributed by atoms with Gasteiger partial charge in [0.1, 0.15) is 0 Å². The highest BCUT2D eigenvalue weighted by atomic mass is 16.5. The van der Waals surface area contributed by atoms with Gasteiger partial charge in [-0.25, -0.2) is 4.79 Å². The third-order valence-corrected chi connectivity index (χ3v) is 1.20. The molecule has 0 saturated carbocycles. The predicted molar refractivity (Wildman–Crippen MR) is 50.2 cm³/mol. The standard InChI is InChI=1S/C10H14O3/c1-4-13-10(12)6-5-8(2)7-9(3)11/h5-7H,4H2,1-3H3/b6-5+,8-7+. The number of hydrogen-bond acceptors (Lipinski definition) is 3. The fourth-order valence-corrected chi connectivity index (χ4v) is 0.759. The molecule has 0 saturated heterocycles. The third kappa shape index (κ3) is 7.00. The summed E-state index contributed by atoms with van der Waals surface area (Å²) in [5.74, 6) is -0.426. The Balaban J connectivity index is 4.11. The zero-order chi connectivity index (χ0) is 10.3. The van der Waals surface area contributed by atoms with E-state index in [2.05, 4.69) is 4.74 Å². The molecule has 0 aromatic carbocycles. The minimum Gasteiger partial charge on any atom is -0.463 e. The molecule has 0 aliphatic heterocycles. The topological polar surface area (TPSA) is 43.4 Å². The van der Waals surface area contributed by atoms with Crippen LogP contribution in [0.25, 0.3) is 0 Å². The Bertz CT molecular complexity index is 249. The quantitative estimate of drug-likeness (QED) is 0.377. The highest BCUT2D eigenvalue weighted by Gasteiger charge is 1.93. The molecule has 0 fully saturated rings. The summed E-state index contributed by atoms with van der Waals surface area (Å²) in [5.41, 5.74) is 0.737. The van der Waals surface area contributed by atoms with Crippen LogP contribution < -0.4 is 0 Å². The van der Waals surface area contributed by atoms with Gasteiger partial charge < -0.3 is 4.74 Å². The second-order valence-corrected chi connectivity index (χ2v) is 2.58. The van der Waals surface area contributed by atoms with E-state index >= 15 is 0 Å². The molecule has 0 bridgehead atoms. The van der Waals surface area contributed by atoms with E-state index < -0.39 is 0 Å². The van der Waals surface area contributed by atoms with Crippen molar-refractivity contribution < 1.29 is 14.3 Å². The third-order valence-electron chi connectivity index (χ3n) is 1.20. The molecule has 0 aromatic rings. The molecule has 13 heavy (non-hydrogen) atoms. The smallest absolute Gasteiger partial charge is 0.330 e. The zero-order valence-corrected chi connectivity index (χ0v) is 8.16. The second kappa shape index (κ2) is 6.17. The highest BCUT2D eigenvalue weighted by Crippen LogP contribution is 1.95. The molecule has 0 aliphatic carbocycles. The Hall–Kier alpha value is -1.38. The van der Waals surface area contributed by atoms with Crippen LogP contribution >= 0.6 is 0 Å². The van der Waals surface area contributed by atoms with Crippen LogP contribution in [0.2, 0.25) is 0 Å². The van der Waals surface area contributed by atoms with Gasteiger partial charge in [-0.05, 0) is 32.4 Å². The zero-order valence-electron chi connectivity index (χ0n) is 8.16. The van der Waals surface area contributed by atoms with E-state index in [4.69, 9.17) is 0 Å². The van der Waals surface area contributed by atoms with E-state index in [0.717, 1.165) is 5.57 Å². The molecule has 0 aliphatic rings. The van der Waals surface area contributed by atoms with Crippen molar-refractivity contribution in [3.8, 4) is 0 Å². The molecule has 3 heteroatoms. The van der Waals surface area contributed by atoms with Gasteiger partial charge in [-0.2, -0.15) is 0 Å². The lowest BCUT2D eigenvalue weighted by atomic mass is 10.2. The summed E-state index contributed by atoms with van der Waals surface area (Å²) < 4.78 is 4.66. The number of esters is 1. The van der Waals surface area contributed by atoms with Crippen LogP contribution in [-0.4, -0.2) is 18.4 Å². The lowest BCUT2D eigenvalue weighted by molar-refractivity contribution is -0.137. The van der Waals surface area contributed by atoms with Gasteiger partial charge in [0.2, 0.25) is 0 Å². The molecule has 3 nitrogen and oxygen atoms in total. The first kappa shape index (κ1) is 11.6. The second-order valence-electron chi connectivity index (χ2n) is 2.58. The number of rotatable bonds is 4. The number of hydrogen-bond donors (Lipinski definition) is 0. The Morgan fingerprint density at radius 2 is 1.85 bits per heavy atom. The number of ketones is 1. The molecule has 0 spiro atoms. The van der Waals surface area contributed by atoms with Crippen molar-refractivity contribution in [3.05, 3.63) is 23.8 Å². The fraction of sp³-hybridized carbons (Fsp3) is 0.400. The molecule has 0 amide bonds. The van der Waals surface area contributed by atoms with Crippen molar-refractivity contribution in [2.24, 2.45) is 0 Å². The monoisotopic (exact) mass is 182 g/mol. The molecular formula is C10H14O3. The van der Waals surface area contributed by atoms with Crippen LogP contribution in [0.1, 0.15) is 20.8 Å². The summed E-state index contributed by atoms with van der Waals surface area (Å²) in [6, 6.07) is 0. The van der Waals surface area contributed by atoms with E-state index in [0.29, 0.717) is 6.61 Å². The molecule has 0 aromatic heterocycles. The van der Waals surface area contributed by atoms with Crippen LogP contribution in [0.3, 0.4) is 0 Å². The normalized spacial score (nSPS) is 11.8. The van der Waals surface area contributed by atoms with E-state index in [-0.39, 0.29) is 11.8 Å². The van der Waals surface area contributed by atoms with Crippen LogP contribution in [0.15, 0.2) is 23.8 Å². The van der Waals surface area contributed by atoms with E-state index in [1.807, 2.05) is 0 Å². The lowest BCUT2D eigenvalue weighted by Crippen LogP contribution is -1.98. The summed E-state index contributed by atoms with van der Waals surface area (Å²) >= 11 is 0. The van der Waals surface area contributed by atoms with Gasteiger partial charge in [-0.1, -0.05) is 6.08 Å². The maximum absolute atomic E-state index is 10.8. The molecule has 0 radical (unpaired) electrons.